The van der Waals surface area contributed by atoms with Crippen LogP contribution in [0.5, 0.6) is 0 Å². The summed E-state index contributed by atoms with van der Waals surface area (Å²) in [4.78, 5) is 19.7. The first kappa shape index (κ1) is 14.6. The summed E-state index contributed by atoms with van der Waals surface area (Å²) in [5.41, 5.74) is 3.28. The maximum atomic E-state index is 12.3. The number of amides is 2. The molecule has 0 atom stereocenters. The first-order chi connectivity index (χ1) is 11.8. The van der Waals surface area contributed by atoms with Gasteiger partial charge in [0, 0.05) is 55.2 Å². The number of nitrogens with one attached hydrogen (secondary N) is 3. The number of carbonyl (C=O) groups excluding carboxylic acids is 1. The maximum Gasteiger partial charge on any atom is 0.317 e. The third kappa shape index (κ3) is 2.80. The SMILES string of the molecule is O=C(NCc1ccn[nH]1)N1CCN(c2cccc3[nH]ccc23)CC1. The molecule has 0 unspecified atom stereocenters. The molecule has 2 amide bonds. The molecule has 0 spiro atoms. The molecule has 3 heterocycles. The highest BCUT2D eigenvalue weighted by Gasteiger charge is 2.22. The zero-order valence-corrected chi connectivity index (χ0v) is 13.3. The molecule has 1 aliphatic heterocycles. The Hall–Kier alpha value is -2.96. The van der Waals surface area contributed by atoms with Crippen LogP contribution in [0.2, 0.25) is 0 Å². The lowest BCUT2D eigenvalue weighted by molar-refractivity contribution is 0.194. The van der Waals surface area contributed by atoms with Crippen LogP contribution in [0.3, 0.4) is 0 Å². The van der Waals surface area contributed by atoms with Gasteiger partial charge in [-0.1, -0.05) is 6.07 Å². The first-order valence-corrected chi connectivity index (χ1v) is 8.13. The van der Waals surface area contributed by atoms with Gasteiger partial charge in [0.25, 0.3) is 0 Å². The van der Waals surface area contributed by atoms with E-state index in [4.69, 9.17) is 0 Å². The lowest BCUT2D eigenvalue weighted by Crippen LogP contribution is -2.51. The minimum atomic E-state index is -0.0240. The van der Waals surface area contributed by atoms with Crippen molar-refractivity contribution in [2.24, 2.45) is 0 Å². The summed E-state index contributed by atoms with van der Waals surface area (Å²) in [5, 5.41) is 10.9. The molecule has 1 fully saturated rings. The van der Waals surface area contributed by atoms with Crippen molar-refractivity contribution in [3.63, 3.8) is 0 Å². The summed E-state index contributed by atoms with van der Waals surface area (Å²) in [6.45, 7) is 3.58. The lowest BCUT2D eigenvalue weighted by Gasteiger charge is -2.36. The Morgan fingerprint density at radius 2 is 2.04 bits per heavy atom. The van der Waals surface area contributed by atoms with E-state index < -0.39 is 0 Å². The number of piperazine rings is 1. The minimum Gasteiger partial charge on any atom is -0.367 e. The van der Waals surface area contributed by atoms with Crippen molar-refractivity contribution in [3.05, 3.63) is 48.4 Å². The fraction of sp³-hybridized carbons (Fsp3) is 0.294. The number of hydrogen-bond acceptors (Lipinski definition) is 3. The largest absolute Gasteiger partial charge is 0.367 e. The summed E-state index contributed by atoms with van der Waals surface area (Å²) in [6, 6.07) is 10.2. The number of aromatic nitrogens is 3. The molecule has 4 rings (SSSR count). The number of benzene rings is 1. The second-order valence-corrected chi connectivity index (χ2v) is 5.93. The first-order valence-electron chi connectivity index (χ1n) is 8.13. The quantitative estimate of drug-likeness (QED) is 0.688. The van der Waals surface area contributed by atoms with Gasteiger partial charge in [0.2, 0.25) is 0 Å². The number of carbonyl (C=O) groups is 1. The molecule has 0 radical (unpaired) electrons. The molecule has 1 aromatic carbocycles. The molecular formula is C17H20N6O. The van der Waals surface area contributed by atoms with Gasteiger partial charge in [0.1, 0.15) is 0 Å². The molecule has 2 aromatic heterocycles. The second kappa shape index (κ2) is 6.27. The number of aromatic amines is 2. The lowest BCUT2D eigenvalue weighted by atomic mass is 10.2. The van der Waals surface area contributed by atoms with E-state index in [1.165, 1.54) is 11.1 Å². The third-order valence-electron chi connectivity index (χ3n) is 4.47. The number of fused-ring (bicyclic) bond motifs is 1. The number of nitrogens with zero attached hydrogens (tertiary/aromatic N) is 3. The highest BCUT2D eigenvalue weighted by molar-refractivity contribution is 5.92. The van der Waals surface area contributed by atoms with Crippen molar-refractivity contribution < 1.29 is 4.79 Å². The van der Waals surface area contributed by atoms with Crippen molar-refractivity contribution in [2.75, 3.05) is 31.1 Å². The second-order valence-electron chi connectivity index (χ2n) is 5.93. The molecule has 1 aliphatic rings. The van der Waals surface area contributed by atoms with Crippen molar-refractivity contribution in [1.82, 2.24) is 25.4 Å². The van der Waals surface area contributed by atoms with E-state index in [1.807, 2.05) is 17.2 Å². The Bertz CT molecular complexity index is 817. The molecule has 7 nitrogen and oxygen atoms in total. The van der Waals surface area contributed by atoms with Gasteiger partial charge in [0.05, 0.1) is 12.2 Å². The van der Waals surface area contributed by atoms with E-state index in [0.717, 1.165) is 37.4 Å². The molecule has 24 heavy (non-hydrogen) atoms. The predicted molar refractivity (Wildman–Crippen MR) is 92.9 cm³/mol. The van der Waals surface area contributed by atoms with E-state index in [0.29, 0.717) is 6.54 Å². The standard InChI is InChI=1S/C17H20N6O/c24-17(19-12-13-4-7-20-21-13)23-10-8-22(9-11-23)16-3-1-2-15-14(16)5-6-18-15/h1-7,18H,8-12H2,(H,19,24)(H,20,21). The predicted octanol–water partition coefficient (Wildman–Crippen LogP) is 1.92. The van der Waals surface area contributed by atoms with Crippen LogP contribution in [-0.4, -0.2) is 52.3 Å². The summed E-state index contributed by atoms with van der Waals surface area (Å²) in [6.07, 6.45) is 3.65. The molecule has 0 aliphatic carbocycles. The van der Waals surface area contributed by atoms with E-state index >= 15 is 0 Å². The Kier molecular flexibility index (Phi) is 3.82. The Morgan fingerprint density at radius 3 is 2.83 bits per heavy atom. The molecule has 1 saturated heterocycles. The van der Waals surface area contributed by atoms with Gasteiger partial charge in [-0.05, 0) is 24.3 Å². The fourth-order valence-corrected chi connectivity index (χ4v) is 3.16. The van der Waals surface area contributed by atoms with Gasteiger partial charge in [-0.2, -0.15) is 5.10 Å². The van der Waals surface area contributed by atoms with Crippen LogP contribution in [0.1, 0.15) is 5.69 Å². The average molecular weight is 324 g/mol. The van der Waals surface area contributed by atoms with Crippen LogP contribution >= 0.6 is 0 Å². The molecule has 3 aromatic rings. The Labute approximate surface area is 139 Å². The highest BCUT2D eigenvalue weighted by Crippen LogP contribution is 2.26. The van der Waals surface area contributed by atoms with Crippen molar-refractivity contribution in [3.8, 4) is 0 Å². The smallest absolute Gasteiger partial charge is 0.317 e. The van der Waals surface area contributed by atoms with Gasteiger partial charge in [-0.15, -0.1) is 0 Å². The van der Waals surface area contributed by atoms with E-state index in [2.05, 4.69) is 49.7 Å². The number of urea groups is 1. The molecule has 7 heteroatoms. The molecule has 0 bridgehead atoms. The van der Waals surface area contributed by atoms with Crippen LogP contribution in [-0.2, 0) is 6.54 Å². The minimum absolute atomic E-state index is 0.0240. The average Bonchev–Trinajstić information content (AvgIpc) is 3.31. The van der Waals surface area contributed by atoms with E-state index in [1.54, 1.807) is 6.20 Å². The van der Waals surface area contributed by atoms with Crippen LogP contribution in [0.15, 0.2) is 42.7 Å². The summed E-state index contributed by atoms with van der Waals surface area (Å²) < 4.78 is 0. The number of H-pyrrole nitrogens is 2. The molecule has 0 saturated carbocycles. The summed E-state index contributed by atoms with van der Waals surface area (Å²) >= 11 is 0. The van der Waals surface area contributed by atoms with E-state index in [-0.39, 0.29) is 6.03 Å². The van der Waals surface area contributed by atoms with Crippen molar-refractivity contribution in [1.29, 1.82) is 0 Å². The molecule has 3 N–H and O–H groups in total. The summed E-state index contributed by atoms with van der Waals surface area (Å²) in [7, 11) is 0. The maximum absolute atomic E-state index is 12.3. The Morgan fingerprint density at radius 1 is 1.17 bits per heavy atom. The van der Waals surface area contributed by atoms with E-state index in [9.17, 15) is 4.79 Å². The highest BCUT2D eigenvalue weighted by atomic mass is 16.2. The topological polar surface area (TPSA) is 80.1 Å². The van der Waals surface area contributed by atoms with Crippen LogP contribution in [0, 0.1) is 0 Å². The monoisotopic (exact) mass is 324 g/mol. The van der Waals surface area contributed by atoms with Gasteiger partial charge in [-0.25, -0.2) is 4.79 Å². The van der Waals surface area contributed by atoms with Gasteiger partial charge in [0.15, 0.2) is 0 Å². The fourth-order valence-electron chi connectivity index (χ4n) is 3.16. The number of rotatable bonds is 3. The number of anilines is 1. The van der Waals surface area contributed by atoms with Gasteiger partial charge < -0.3 is 20.1 Å². The van der Waals surface area contributed by atoms with Crippen LogP contribution < -0.4 is 10.2 Å². The van der Waals surface area contributed by atoms with Gasteiger partial charge in [-0.3, -0.25) is 5.10 Å². The van der Waals surface area contributed by atoms with Gasteiger partial charge >= 0.3 is 6.03 Å². The van der Waals surface area contributed by atoms with Crippen LogP contribution in [0.4, 0.5) is 10.5 Å². The zero-order valence-electron chi connectivity index (χ0n) is 13.3. The molecule has 124 valence electrons. The summed E-state index contributed by atoms with van der Waals surface area (Å²) in [5.74, 6) is 0. The molecular weight excluding hydrogens is 304 g/mol. The van der Waals surface area contributed by atoms with Crippen molar-refractivity contribution >= 4 is 22.6 Å². The third-order valence-corrected chi connectivity index (χ3v) is 4.47. The number of hydrogen-bond donors (Lipinski definition) is 3. The normalized spacial score (nSPS) is 15.0. The van der Waals surface area contributed by atoms with Crippen molar-refractivity contribution in [2.45, 2.75) is 6.54 Å². The zero-order chi connectivity index (χ0) is 16.4. The Balaban J connectivity index is 1.36. The van der Waals surface area contributed by atoms with Crippen LogP contribution in [0.25, 0.3) is 10.9 Å².